The minimum absolute atomic E-state index is 0.0175. The minimum Gasteiger partial charge on any atom is -0.398 e. The molecular formula is C14H17F3N2. The third-order valence-electron chi connectivity index (χ3n) is 4.60. The normalized spacial score (nSPS) is 30.1. The summed E-state index contributed by atoms with van der Waals surface area (Å²) in [5, 5.41) is 0. The predicted molar refractivity (Wildman–Crippen MR) is 69.0 cm³/mol. The van der Waals surface area contributed by atoms with E-state index in [0.717, 1.165) is 25.7 Å². The lowest BCUT2D eigenvalue weighted by atomic mass is 9.90. The molecule has 0 radical (unpaired) electrons. The Kier molecular flexibility index (Phi) is 2.53. The highest BCUT2D eigenvalue weighted by Gasteiger charge is 2.48. The first-order chi connectivity index (χ1) is 8.81. The number of nitrogen functional groups attached to an aromatic ring is 1. The molecule has 2 heterocycles. The van der Waals surface area contributed by atoms with Crippen molar-refractivity contribution in [2.45, 2.75) is 50.4 Å². The summed E-state index contributed by atoms with van der Waals surface area (Å²) in [5.41, 5.74) is 5.20. The molecule has 0 aliphatic carbocycles. The Morgan fingerprint density at radius 3 is 2.37 bits per heavy atom. The van der Waals surface area contributed by atoms with Crippen molar-refractivity contribution in [3.8, 4) is 0 Å². The molecule has 2 aliphatic heterocycles. The van der Waals surface area contributed by atoms with Crippen molar-refractivity contribution in [1.29, 1.82) is 0 Å². The molecule has 3 rings (SSSR count). The minimum atomic E-state index is -4.39. The molecular weight excluding hydrogens is 253 g/mol. The quantitative estimate of drug-likeness (QED) is 0.786. The SMILES string of the molecule is CC12CCC(CC1)N2c1ccc(N)c(C(F)(F)F)c1. The highest BCUT2D eigenvalue weighted by molar-refractivity contribution is 5.62. The van der Waals surface area contributed by atoms with Gasteiger partial charge in [-0.25, -0.2) is 0 Å². The van der Waals surface area contributed by atoms with E-state index in [1.807, 2.05) is 0 Å². The van der Waals surface area contributed by atoms with Crippen LogP contribution >= 0.6 is 0 Å². The summed E-state index contributed by atoms with van der Waals surface area (Å²) in [6.45, 7) is 2.14. The maximum absolute atomic E-state index is 12.9. The summed E-state index contributed by atoms with van der Waals surface area (Å²) in [6, 6.07) is 4.68. The number of rotatable bonds is 1. The molecule has 0 atom stereocenters. The van der Waals surface area contributed by atoms with Crippen LogP contribution in [0.5, 0.6) is 0 Å². The molecule has 0 saturated carbocycles. The standard InChI is InChI=1S/C14H17F3N2/c1-13-6-4-9(5-7-13)19(13)10-2-3-12(18)11(8-10)14(15,16)17/h2-3,8-9H,4-7,18H2,1H3. The lowest BCUT2D eigenvalue weighted by molar-refractivity contribution is -0.136. The zero-order valence-electron chi connectivity index (χ0n) is 10.8. The summed E-state index contributed by atoms with van der Waals surface area (Å²) in [6.07, 6.45) is -0.128. The van der Waals surface area contributed by atoms with Gasteiger partial charge in [0, 0.05) is 23.0 Å². The van der Waals surface area contributed by atoms with Crippen LogP contribution in [0.25, 0.3) is 0 Å². The fraction of sp³-hybridized carbons (Fsp3) is 0.571. The van der Waals surface area contributed by atoms with E-state index in [1.165, 1.54) is 12.1 Å². The van der Waals surface area contributed by atoms with Gasteiger partial charge in [-0.15, -0.1) is 0 Å². The molecule has 0 unspecified atom stereocenters. The van der Waals surface area contributed by atoms with Crippen LogP contribution in [0.3, 0.4) is 0 Å². The van der Waals surface area contributed by atoms with Crippen LogP contribution in [0.4, 0.5) is 24.5 Å². The molecule has 19 heavy (non-hydrogen) atoms. The smallest absolute Gasteiger partial charge is 0.398 e. The second-order valence-electron chi connectivity index (χ2n) is 5.87. The van der Waals surface area contributed by atoms with Crippen LogP contribution in [0.2, 0.25) is 0 Å². The summed E-state index contributed by atoms with van der Waals surface area (Å²) < 4.78 is 38.8. The maximum Gasteiger partial charge on any atom is 0.418 e. The van der Waals surface area contributed by atoms with Crippen molar-refractivity contribution in [2.24, 2.45) is 0 Å². The predicted octanol–water partition coefficient (Wildman–Crippen LogP) is 3.81. The highest BCUT2D eigenvalue weighted by Crippen LogP contribution is 2.49. The lowest BCUT2D eigenvalue weighted by Crippen LogP contribution is -2.38. The Hall–Kier alpha value is -1.39. The molecule has 1 aromatic carbocycles. The fourth-order valence-electron chi connectivity index (χ4n) is 3.63. The molecule has 0 amide bonds. The van der Waals surface area contributed by atoms with E-state index in [2.05, 4.69) is 11.8 Å². The van der Waals surface area contributed by atoms with Gasteiger partial charge in [-0.1, -0.05) is 0 Å². The first-order valence-corrected chi connectivity index (χ1v) is 6.57. The number of fused-ring (bicyclic) bond motifs is 2. The number of hydrogen-bond donors (Lipinski definition) is 1. The Bertz CT molecular complexity index is 502. The third kappa shape index (κ3) is 1.86. The fourth-order valence-corrected chi connectivity index (χ4v) is 3.63. The van der Waals surface area contributed by atoms with Crippen molar-refractivity contribution >= 4 is 11.4 Å². The first kappa shape index (κ1) is 12.6. The Morgan fingerprint density at radius 1 is 1.26 bits per heavy atom. The van der Waals surface area contributed by atoms with E-state index >= 15 is 0 Å². The molecule has 5 heteroatoms. The van der Waals surface area contributed by atoms with E-state index in [4.69, 9.17) is 5.73 Å². The van der Waals surface area contributed by atoms with Crippen LogP contribution in [-0.2, 0) is 6.18 Å². The number of anilines is 2. The van der Waals surface area contributed by atoms with Crippen LogP contribution in [0.1, 0.15) is 38.2 Å². The van der Waals surface area contributed by atoms with E-state index in [1.54, 1.807) is 6.07 Å². The molecule has 2 N–H and O–H groups in total. The van der Waals surface area contributed by atoms with E-state index in [-0.39, 0.29) is 11.2 Å². The monoisotopic (exact) mass is 270 g/mol. The second-order valence-corrected chi connectivity index (χ2v) is 5.87. The van der Waals surface area contributed by atoms with E-state index in [9.17, 15) is 13.2 Å². The maximum atomic E-state index is 12.9. The summed E-state index contributed by atoms with van der Waals surface area (Å²) >= 11 is 0. The molecule has 104 valence electrons. The lowest BCUT2D eigenvalue weighted by Gasteiger charge is -2.34. The van der Waals surface area contributed by atoms with E-state index in [0.29, 0.717) is 11.7 Å². The Balaban J connectivity index is 2.03. The number of benzene rings is 1. The molecule has 1 aromatic rings. The molecule has 0 spiro atoms. The zero-order valence-corrected chi connectivity index (χ0v) is 10.8. The largest absolute Gasteiger partial charge is 0.418 e. The highest BCUT2D eigenvalue weighted by atomic mass is 19.4. The van der Waals surface area contributed by atoms with Crippen molar-refractivity contribution in [1.82, 2.24) is 0 Å². The summed E-state index contributed by atoms with van der Waals surface area (Å²) in [4.78, 5) is 2.17. The third-order valence-corrected chi connectivity index (χ3v) is 4.60. The topological polar surface area (TPSA) is 29.3 Å². The summed E-state index contributed by atoms with van der Waals surface area (Å²) in [7, 11) is 0. The van der Waals surface area contributed by atoms with Gasteiger partial charge < -0.3 is 10.6 Å². The van der Waals surface area contributed by atoms with Gasteiger partial charge in [0.2, 0.25) is 0 Å². The van der Waals surface area contributed by atoms with Crippen LogP contribution in [0, 0.1) is 0 Å². The number of alkyl halides is 3. The average molecular weight is 270 g/mol. The first-order valence-electron chi connectivity index (χ1n) is 6.57. The van der Waals surface area contributed by atoms with Gasteiger partial charge in [-0.3, -0.25) is 0 Å². The molecule has 0 aromatic heterocycles. The van der Waals surface area contributed by atoms with Gasteiger partial charge >= 0.3 is 6.18 Å². The average Bonchev–Trinajstić information content (AvgIpc) is 2.81. The Labute approximate surface area is 110 Å². The zero-order chi connectivity index (χ0) is 13.8. The van der Waals surface area contributed by atoms with Crippen molar-refractivity contribution in [3.63, 3.8) is 0 Å². The number of nitrogens with two attached hydrogens (primary N) is 1. The molecule has 2 bridgehead atoms. The van der Waals surface area contributed by atoms with Gasteiger partial charge in [0.1, 0.15) is 0 Å². The van der Waals surface area contributed by atoms with Gasteiger partial charge in [-0.05, 0) is 50.8 Å². The van der Waals surface area contributed by atoms with Crippen molar-refractivity contribution in [2.75, 3.05) is 10.6 Å². The van der Waals surface area contributed by atoms with E-state index < -0.39 is 11.7 Å². The number of halogens is 3. The Morgan fingerprint density at radius 2 is 1.89 bits per heavy atom. The molecule has 2 aliphatic rings. The second kappa shape index (κ2) is 3.81. The molecule has 2 nitrogen and oxygen atoms in total. The van der Waals surface area contributed by atoms with Gasteiger partial charge in [-0.2, -0.15) is 13.2 Å². The van der Waals surface area contributed by atoms with Crippen molar-refractivity contribution < 1.29 is 13.2 Å². The molecule has 2 fully saturated rings. The summed E-state index contributed by atoms with van der Waals surface area (Å²) in [5.74, 6) is 0. The van der Waals surface area contributed by atoms with Gasteiger partial charge in [0.05, 0.1) is 5.56 Å². The number of hydrogen-bond acceptors (Lipinski definition) is 2. The van der Waals surface area contributed by atoms with Crippen LogP contribution in [0.15, 0.2) is 18.2 Å². The molecule has 2 saturated heterocycles. The van der Waals surface area contributed by atoms with Gasteiger partial charge in [0.15, 0.2) is 0 Å². The van der Waals surface area contributed by atoms with Gasteiger partial charge in [0.25, 0.3) is 0 Å². The van der Waals surface area contributed by atoms with Crippen molar-refractivity contribution in [3.05, 3.63) is 23.8 Å². The number of nitrogens with zero attached hydrogens (tertiary/aromatic N) is 1. The van der Waals surface area contributed by atoms with Crippen LogP contribution < -0.4 is 10.6 Å². The van der Waals surface area contributed by atoms with Crippen LogP contribution in [-0.4, -0.2) is 11.6 Å².